The summed E-state index contributed by atoms with van der Waals surface area (Å²) in [6.07, 6.45) is 1.84. The van der Waals surface area contributed by atoms with Crippen molar-refractivity contribution in [2.24, 2.45) is 5.73 Å². The highest BCUT2D eigenvalue weighted by molar-refractivity contribution is 5.11. The first-order valence-electron chi connectivity index (χ1n) is 4.92. The molecule has 1 aromatic rings. The average Bonchev–Trinajstić information content (AvgIpc) is 2.60. The number of rotatable bonds is 4. The maximum atomic E-state index is 8.61. The lowest BCUT2D eigenvalue weighted by Crippen LogP contribution is -2.25. The molecule has 0 saturated carbocycles. The molecule has 1 unspecified atom stereocenters. The van der Waals surface area contributed by atoms with Crippen LogP contribution in [0.15, 0.2) is 6.07 Å². The van der Waals surface area contributed by atoms with E-state index in [0.29, 0.717) is 6.54 Å². The van der Waals surface area contributed by atoms with E-state index >= 15 is 0 Å². The van der Waals surface area contributed by atoms with Crippen LogP contribution in [-0.4, -0.2) is 15.8 Å². The van der Waals surface area contributed by atoms with Gasteiger partial charge in [0.05, 0.1) is 18.3 Å². The van der Waals surface area contributed by atoms with Crippen molar-refractivity contribution in [3.8, 4) is 6.07 Å². The van der Waals surface area contributed by atoms with Crippen LogP contribution in [-0.2, 0) is 19.4 Å². The fraction of sp³-hybridized carbons (Fsp3) is 0.600. The molecule has 0 saturated heterocycles. The van der Waals surface area contributed by atoms with Crippen molar-refractivity contribution < 1.29 is 0 Å². The predicted molar refractivity (Wildman–Crippen MR) is 54.6 cm³/mol. The number of nitrogens with zero attached hydrogens (tertiary/aromatic N) is 3. The van der Waals surface area contributed by atoms with Crippen molar-refractivity contribution >= 4 is 0 Å². The van der Waals surface area contributed by atoms with Gasteiger partial charge in [-0.05, 0) is 18.9 Å². The van der Waals surface area contributed by atoms with Gasteiger partial charge in [-0.3, -0.25) is 4.68 Å². The van der Waals surface area contributed by atoms with Crippen molar-refractivity contribution in [2.75, 3.05) is 0 Å². The Balaban J connectivity index is 2.84. The number of nitriles is 1. The largest absolute Gasteiger partial charge is 0.314 e. The Kier molecular flexibility index (Phi) is 3.66. The maximum absolute atomic E-state index is 8.61. The van der Waals surface area contributed by atoms with Crippen LogP contribution in [0.1, 0.15) is 25.2 Å². The van der Waals surface area contributed by atoms with Crippen LogP contribution in [0.3, 0.4) is 0 Å². The molecule has 1 heterocycles. The lowest BCUT2D eigenvalue weighted by atomic mass is 10.2. The molecule has 4 nitrogen and oxygen atoms in total. The summed E-state index contributed by atoms with van der Waals surface area (Å²) in [5.74, 6) is 0. The Labute approximate surface area is 84.3 Å². The summed E-state index contributed by atoms with van der Waals surface area (Å²) in [6.45, 7) is 4.63. The van der Waals surface area contributed by atoms with Crippen molar-refractivity contribution in [1.29, 1.82) is 5.26 Å². The summed E-state index contributed by atoms with van der Waals surface area (Å²) in [4.78, 5) is 0. The molecule has 0 aromatic carbocycles. The molecule has 1 aromatic heterocycles. The number of aryl methyl sites for hydroxylation is 2. The lowest BCUT2D eigenvalue weighted by molar-refractivity contribution is 0.548. The zero-order valence-corrected chi connectivity index (χ0v) is 8.70. The number of nitrogens with two attached hydrogens (primary N) is 1. The van der Waals surface area contributed by atoms with Crippen molar-refractivity contribution in [2.45, 2.75) is 39.3 Å². The topological polar surface area (TPSA) is 67.6 Å². The van der Waals surface area contributed by atoms with Gasteiger partial charge in [-0.1, -0.05) is 13.8 Å². The maximum Gasteiger partial charge on any atom is 0.113 e. The molecule has 76 valence electrons. The van der Waals surface area contributed by atoms with E-state index < -0.39 is 6.04 Å². The van der Waals surface area contributed by atoms with Crippen LogP contribution >= 0.6 is 0 Å². The first-order chi connectivity index (χ1) is 6.71. The van der Waals surface area contributed by atoms with Gasteiger partial charge in [-0.25, -0.2) is 0 Å². The second-order valence-electron chi connectivity index (χ2n) is 3.25. The normalized spacial score (nSPS) is 12.4. The number of hydrogen-bond acceptors (Lipinski definition) is 3. The molecule has 0 aliphatic carbocycles. The Hall–Kier alpha value is -1.34. The summed E-state index contributed by atoms with van der Waals surface area (Å²) < 4.78 is 1.84. The number of hydrogen-bond donors (Lipinski definition) is 1. The molecule has 0 spiro atoms. The van der Waals surface area contributed by atoms with Crippen molar-refractivity contribution in [3.63, 3.8) is 0 Å². The van der Waals surface area contributed by atoms with Crippen molar-refractivity contribution in [3.05, 3.63) is 17.5 Å². The summed E-state index contributed by atoms with van der Waals surface area (Å²) in [7, 11) is 0. The smallest absolute Gasteiger partial charge is 0.113 e. The van der Waals surface area contributed by atoms with Gasteiger partial charge >= 0.3 is 0 Å². The van der Waals surface area contributed by atoms with Gasteiger partial charge in [0.25, 0.3) is 0 Å². The summed E-state index contributed by atoms with van der Waals surface area (Å²) in [5, 5.41) is 13.0. The SMILES string of the molecule is CCc1cc(CC)n(CC(N)C#N)n1. The second kappa shape index (κ2) is 4.77. The van der Waals surface area contributed by atoms with Gasteiger partial charge in [0.15, 0.2) is 0 Å². The Bertz CT molecular complexity index is 334. The first-order valence-corrected chi connectivity index (χ1v) is 4.92. The average molecular weight is 192 g/mol. The fourth-order valence-corrected chi connectivity index (χ4v) is 1.36. The molecule has 14 heavy (non-hydrogen) atoms. The van der Waals surface area contributed by atoms with Crippen LogP contribution in [0.5, 0.6) is 0 Å². The third kappa shape index (κ3) is 2.33. The third-order valence-corrected chi connectivity index (χ3v) is 2.17. The minimum atomic E-state index is -0.468. The van der Waals surface area contributed by atoms with E-state index in [4.69, 9.17) is 11.0 Å². The van der Waals surface area contributed by atoms with E-state index in [9.17, 15) is 0 Å². The van der Waals surface area contributed by atoms with Gasteiger partial charge in [0.1, 0.15) is 6.04 Å². The van der Waals surface area contributed by atoms with E-state index in [1.165, 1.54) is 0 Å². The van der Waals surface area contributed by atoms with Crippen LogP contribution < -0.4 is 5.73 Å². The van der Waals surface area contributed by atoms with Gasteiger partial charge in [-0.15, -0.1) is 0 Å². The van der Waals surface area contributed by atoms with Gasteiger partial charge in [-0.2, -0.15) is 10.4 Å². The molecule has 0 bridgehead atoms. The van der Waals surface area contributed by atoms with Gasteiger partial charge < -0.3 is 5.73 Å². The van der Waals surface area contributed by atoms with E-state index in [-0.39, 0.29) is 0 Å². The monoisotopic (exact) mass is 192 g/mol. The van der Waals surface area contributed by atoms with E-state index in [1.54, 1.807) is 0 Å². The number of aromatic nitrogens is 2. The van der Waals surface area contributed by atoms with Gasteiger partial charge in [0, 0.05) is 5.69 Å². The molecule has 0 fully saturated rings. The van der Waals surface area contributed by atoms with Crippen LogP contribution in [0.25, 0.3) is 0 Å². The van der Waals surface area contributed by atoms with Gasteiger partial charge in [0.2, 0.25) is 0 Å². The highest BCUT2D eigenvalue weighted by atomic mass is 15.3. The highest BCUT2D eigenvalue weighted by Gasteiger charge is 2.08. The molecular formula is C10H16N4. The van der Waals surface area contributed by atoms with E-state index in [2.05, 4.69) is 25.0 Å². The molecule has 0 radical (unpaired) electrons. The summed E-state index contributed by atoms with van der Waals surface area (Å²) in [5.41, 5.74) is 7.77. The zero-order chi connectivity index (χ0) is 10.6. The minimum absolute atomic E-state index is 0.468. The lowest BCUT2D eigenvalue weighted by Gasteiger charge is -2.06. The molecule has 0 amide bonds. The standard InChI is InChI=1S/C10H16N4/c1-3-9-5-10(4-2)14(13-9)7-8(12)6-11/h5,8H,3-4,7,12H2,1-2H3. The quantitative estimate of drug-likeness (QED) is 0.769. The molecule has 0 aliphatic heterocycles. The van der Waals surface area contributed by atoms with Crippen LogP contribution in [0.2, 0.25) is 0 Å². The Morgan fingerprint density at radius 1 is 1.57 bits per heavy atom. The predicted octanol–water partition coefficient (Wildman–Crippen LogP) is 0.859. The molecular weight excluding hydrogens is 176 g/mol. The zero-order valence-electron chi connectivity index (χ0n) is 8.70. The second-order valence-corrected chi connectivity index (χ2v) is 3.25. The molecule has 4 heteroatoms. The Morgan fingerprint density at radius 3 is 2.79 bits per heavy atom. The molecule has 1 atom stereocenters. The summed E-state index contributed by atoms with van der Waals surface area (Å²) in [6, 6.07) is 3.61. The van der Waals surface area contributed by atoms with E-state index in [1.807, 2.05) is 10.8 Å². The van der Waals surface area contributed by atoms with Crippen LogP contribution in [0, 0.1) is 11.3 Å². The fourth-order valence-electron chi connectivity index (χ4n) is 1.36. The minimum Gasteiger partial charge on any atom is -0.314 e. The summed E-state index contributed by atoms with van der Waals surface area (Å²) >= 11 is 0. The molecule has 1 rings (SSSR count). The highest BCUT2D eigenvalue weighted by Crippen LogP contribution is 2.06. The molecule has 0 aliphatic rings. The van der Waals surface area contributed by atoms with Crippen molar-refractivity contribution in [1.82, 2.24) is 9.78 Å². The van der Waals surface area contributed by atoms with E-state index in [0.717, 1.165) is 24.2 Å². The first kappa shape index (κ1) is 10.7. The van der Waals surface area contributed by atoms with Crippen LogP contribution in [0.4, 0.5) is 0 Å². The Morgan fingerprint density at radius 2 is 2.29 bits per heavy atom. The third-order valence-electron chi connectivity index (χ3n) is 2.17. The molecule has 2 N–H and O–H groups in total.